The molecule has 0 saturated heterocycles. The summed E-state index contributed by atoms with van der Waals surface area (Å²) >= 11 is 0. The maximum atomic E-state index is 13.2. The molecular weight excluding hydrogens is 219 g/mol. The Morgan fingerprint density at radius 2 is 2.24 bits per heavy atom. The van der Waals surface area contributed by atoms with Gasteiger partial charge in [0.15, 0.2) is 0 Å². The van der Waals surface area contributed by atoms with Gasteiger partial charge in [0.2, 0.25) is 0 Å². The highest BCUT2D eigenvalue weighted by Gasteiger charge is 2.07. The summed E-state index contributed by atoms with van der Waals surface area (Å²) in [7, 11) is 0. The van der Waals surface area contributed by atoms with Gasteiger partial charge in [0, 0.05) is 12.1 Å². The van der Waals surface area contributed by atoms with Crippen LogP contribution in [0.4, 0.5) is 4.39 Å². The predicted molar refractivity (Wildman–Crippen MR) is 63.8 cm³/mol. The SMILES string of the molecule is Cc1ccc(F)cc1-c1cn(CCCN)nn1. The summed E-state index contributed by atoms with van der Waals surface area (Å²) in [4.78, 5) is 0. The van der Waals surface area contributed by atoms with Crippen molar-refractivity contribution in [2.75, 3.05) is 6.54 Å². The van der Waals surface area contributed by atoms with Crippen LogP contribution >= 0.6 is 0 Å². The number of rotatable bonds is 4. The van der Waals surface area contributed by atoms with Crippen LogP contribution in [0.5, 0.6) is 0 Å². The number of halogens is 1. The summed E-state index contributed by atoms with van der Waals surface area (Å²) in [6.45, 7) is 3.28. The number of aryl methyl sites for hydroxylation is 2. The largest absolute Gasteiger partial charge is 0.330 e. The summed E-state index contributed by atoms with van der Waals surface area (Å²) in [5.41, 5.74) is 7.89. The molecule has 1 heterocycles. The monoisotopic (exact) mass is 234 g/mol. The Balaban J connectivity index is 2.27. The van der Waals surface area contributed by atoms with Crippen LogP contribution in [0, 0.1) is 12.7 Å². The molecule has 5 heteroatoms. The van der Waals surface area contributed by atoms with Crippen molar-refractivity contribution in [3.05, 3.63) is 35.8 Å². The minimum atomic E-state index is -0.262. The van der Waals surface area contributed by atoms with E-state index in [0.717, 1.165) is 24.1 Å². The first kappa shape index (κ1) is 11.7. The summed E-state index contributed by atoms with van der Waals surface area (Å²) < 4.78 is 14.9. The number of nitrogens with zero attached hydrogens (tertiary/aromatic N) is 3. The van der Waals surface area contributed by atoms with Gasteiger partial charge in [0.1, 0.15) is 11.5 Å². The van der Waals surface area contributed by atoms with E-state index in [-0.39, 0.29) is 5.82 Å². The van der Waals surface area contributed by atoms with Crippen LogP contribution in [-0.4, -0.2) is 21.5 Å². The van der Waals surface area contributed by atoms with Crippen LogP contribution in [0.25, 0.3) is 11.3 Å². The maximum absolute atomic E-state index is 13.2. The first-order valence-corrected chi connectivity index (χ1v) is 5.57. The van der Waals surface area contributed by atoms with Gasteiger partial charge >= 0.3 is 0 Å². The van der Waals surface area contributed by atoms with Crippen molar-refractivity contribution in [1.29, 1.82) is 0 Å². The minimum Gasteiger partial charge on any atom is -0.330 e. The van der Waals surface area contributed by atoms with E-state index in [1.54, 1.807) is 10.7 Å². The van der Waals surface area contributed by atoms with Gasteiger partial charge < -0.3 is 5.73 Å². The number of benzene rings is 1. The Labute approximate surface area is 99.2 Å². The number of hydrogen-bond acceptors (Lipinski definition) is 3. The van der Waals surface area contributed by atoms with Crippen LogP contribution in [0.1, 0.15) is 12.0 Å². The van der Waals surface area contributed by atoms with E-state index in [9.17, 15) is 4.39 Å². The fraction of sp³-hybridized carbons (Fsp3) is 0.333. The highest BCUT2D eigenvalue weighted by molar-refractivity contribution is 5.62. The molecule has 0 fully saturated rings. The second-order valence-corrected chi connectivity index (χ2v) is 3.97. The Morgan fingerprint density at radius 1 is 1.41 bits per heavy atom. The zero-order valence-electron chi connectivity index (χ0n) is 9.73. The highest BCUT2D eigenvalue weighted by atomic mass is 19.1. The van der Waals surface area contributed by atoms with E-state index < -0.39 is 0 Å². The van der Waals surface area contributed by atoms with Gasteiger partial charge in [-0.3, -0.25) is 4.68 Å². The smallest absolute Gasteiger partial charge is 0.123 e. The molecule has 4 nitrogen and oxygen atoms in total. The van der Waals surface area contributed by atoms with Gasteiger partial charge in [-0.15, -0.1) is 5.10 Å². The van der Waals surface area contributed by atoms with Crippen molar-refractivity contribution in [1.82, 2.24) is 15.0 Å². The van der Waals surface area contributed by atoms with Gasteiger partial charge in [-0.05, 0) is 37.6 Å². The average molecular weight is 234 g/mol. The summed E-state index contributed by atoms with van der Waals surface area (Å²) in [6.07, 6.45) is 2.67. The Bertz CT molecular complexity index is 507. The second kappa shape index (κ2) is 5.05. The van der Waals surface area contributed by atoms with E-state index in [1.807, 2.05) is 13.1 Å². The molecule has 0 amide bonds. The molecular formula is C12H15FN4. The van der Waals surface area contributed by atoms with Crippen LogP contribution in [0.15, 0.2) is 24.4 Å². The highest BCUT2D eigenvalue weighted by Crippen LogP contribution is 2.21. The van der Waals surface area contributed by atoms with Gasteiger partial charge in [-0.2, -0.15) is 0 Å². The van der Waals surface area contributed by atoms with E-state index in [2.05, 4.69) is 10.3 Å². The molecule has 0 atom stereocenters. The second-order valence-electron chi connectivity index (χ2n) is 3.97. The molecule has 17 heavy (non-hydrogen) atoms. The molecule has 1 aromatic carbocycles. The van der Waals surface area contributed by atoms with Crippen molar-refractivity contribution in [3.8, 4) is 11.3 Å². The van der Waals surface area contributed by atoms with Crippen LogP contribution in [-0.2, 0) is 6.54 Å². The van der Waals surface area contributed by atoms with E-state index >= 15 is 0 Å². The zero-order valence-corrected chi connectivity index (χ0v) is 9.73. The first-order chi connectivity index (χ1) is 8.20. The lowest BCUT2D eigenvalue weighted by atomic mass is 10.1. The quantitative estimate of drug-likeness (QED) is 0.876. The van der Waals surface area contributed by atoms with Crippen molar-refractivity contribution >= 4 is 0 Å². The lowest BCUT2D eigenvalue weighted by Gasteiger charge is -2.01. The van der Waals surface area contributed by atoms with Crippen molar-refractivity contribution in [3.63, 3.8) is 0 Å². The first-order valence-electron chi connectivity index (χ1n) is 5.57. The Kier molecular flexibility index (Phi) is 3.49. The molecule has 2 rings (SSSR count). The lowest BCUT2D eigenvalue weighted by Crippen LogP contribution is -2.06. The predicted octanol–water partition coefficient (Wildman–Crippen LogP) is 1.74. The number of aromatic nitrogens is 3. The number of hydrogen-bond donors (Lipinski definition) is 1. The number of nitrogens with two attached hydrogens (primary N) is 1. The molecule has 2 N–H and O–H groups in total. The fourth-order valence-corrected chi connectivity index (χ4v) is 1.65. The van der Waals surface area contributed by atoms with Gasteiger partial charge in [0.25, 0.3) is 0 Å². The molecule has 0 spiro atoms. The third-order valence-electron chi connectivity index (χ3n) is 2.61. The van der Waals surface area contributed by atoms with Crippen LogP contribution < -0.4 is 5.73 Å². The van der Waals surface area contributed by atoms with Crippen LogP contribution in [0.3, 0.4) is 0 Å². The lowest BCUT2D eigenvalue weighted by molar-refractivity contribution is 0.564. The molecule has 0 aliphatic rings. The molecule has 0 bridgehead atoms. The molecule has 2 aromatic rings. The van der Waals surface area contributed by atoms with E-state index in [1.165, 1.54) is 12.1 Å². The summed E-state index contributed by atoms with van der Waals surface area (Å²) in [5, 5.41) is 8.04. The normalized spacial score (nSPS) is 10.8. The third-order valence-corrected chi connectivity index (χ3v) is 2.61. The van der Waals surface area contributed by atoms with Gasteiger partial charge in [-0.25, -0.2) is 4.39 Å². The molecule has 0 saturated carbocycles. The summed E-state index contributed by atoms with van der Waals surface area (Å²) in [6, 6.07) is 4.66. The van der Waals surface area contributed by atoms with E-state index in [0.29, 0.717) is 12.2 Å². The Morgan fingerprint density at radius 3 is 3.00 bits per heavy atom. The van der Waals surface area contributed by atoms with Crippen molar-refractivity contribution < 1.29 is 4.39 Å². The molecule has 0 aliphatic heterocycles. The third kappa shape index (κ3) is 2.68. The topological polar surface area (TPSA) is 56.7 Å². The zero-order chi connectivity index (χ0) is 12.3. The fourth-order valence-electron chi connectivity index (χ4n) is 1.65. The molecule has 0 radical (unpaired) electrons. The maximum Gasteiger partial charge on any atom is 0.123 e. The molecule has 0 aliphatic carbocycles. The average Bonchev–Trinajstić information content (AvgIpc) is 2.78. The van der Waals surface area contributed by atoms with Gasteiger partial charge in [-0.1, -0.05) is 11.3 Å². The molecule has 90 valence electrons. The Hall–Kier alpha value is -1.75. The molecule has 0 unspecified atom stereocenters. The van der Waals surface area contributed by atoms with E-state index in [4.69, 9.17) is 5.73 Å². The summed E-state index contributed by atoms with van der Waals surface area (Å²) in [5.74, 6) is -0.262. The van der Waals surface area contributed by atoms with Crippen LogP contribution in [0.2, 0.25) is 0 Å². The standard InChI is InChI=1S/C12H15FN4/c1-9-3-4-10(13)7-11(9)12-8-17(16-15-12)6-2-5-14/h3-4,7-8H,2,5-6,14H2,1H3. The van der Waals surface area contributed by atoms with Crippen molar-refractivity contribution in [2.24, 2.45) is 5.73 Å². The van der Waals surface area contributed by atoms with Gasteiger partial charge in [0.05, 0.1) is 6.20 Å². The molecule has 1 aromatic heterocycles. The van der Waals surface area contributed by atoms with Crippen molar-refractivity contribution in [2.45, 2.75) is 19.9 Å². The minimum absolute atomic E-state index is 0.262.